The standard InChI is InChI=1S/C25H19BrClNO3/c1-15(11-25(29)28-19-9-5-17(26)6-10-19)20-12-21-22(16-3-7-18(27)8-4-16)14-31-24(21)13-23(20)30-2/h3-14H,1-2H3,(H,28,29)/b15-11+. The summed E-state index contributed by atoms with van der Waals surface area (Å²) in [6, 6.07) is 18.8. The summed E-state index contributed by atoms with van der Waals surface area (Å²) < 4.78 is 12.3. The maximum atomic E-state index is 12.5. The molecule has 1 aromatic heterocycles. The van der Waals surface area contributed by atoms with Crippen LogP contribution in [0.25, 0.3) is 27.7 Å². The van der Waals surface area contributed by atoms with E-state index in [0.29, 0.717) is 16.4 Å². The minimum atomic E-state index is -0.216. The average Bonchev–Trinajstić information content (AvgIpc) is 3.17. The third kappa shape index (κ3) is 4.68. The summed E-state index contributed by atoms with van der Waals surface area (Å²) in [5.74, 6) is 0.418. The predicted octanol–water partition coefficient (Wildman–Crippen LogP) is 7.57. The van der Waals surface area contributed by atoms with Crippen LogP contribution in [0.5, 0.6) is 5.75 Å². The maximum absolute atomic E-state index is 12.5. The number of benzene rings is 3. The Morgan fingerprint density at radius 3 is 2.48 bits per heavy atom. The molecule has 0 fully saturated rings. The molecule has 0 saturated heterocycles. The Hall–Kier alpha value is -3.02. The number of furan rings is 1. The van der Waals surface area contributed by atoms with Gasteiger partial charge in [0.15, 0.2) is 0 Å². The van der Waals surface area contributed by atoms with Gasteiger partial charge < -0.3 is 14.5 Å². The van der Waals surface area contributed by atoms with E-state index in [2.05, 4.69) is 21.2 Å². The molecule has 1 heterocycles. The van der Waals surface area contributed by atoms with Crippen LogP contribution in [-0.2, 0) is 4.79 Å². The van der Waals surface area contributed by atoms with Gasteiger partial charge in [0.1, 0.15) is 11.3 Å². The molecule has 0 atom stereocenters. The molecule has 156 valence electrons. The van der Waals surface area contributed by atoms with E-state index in [0.717, 1.165) is 37.8 Å². The zero-order chi connectivity index (χ0) is 22.0. The minimum Gasteiger partial charge on any atom is -0.496 e. The molecule has 4 nitrogen and oxygen atoms in total. The number of carbonyl (C=O) groups excluding carboxylic acids is 1. The van der Waals surface area contributed by atoms with Gasteiger partial charge in [0, 0.05) is 43.8 Å². The molecule has 0 aliphatic rings. The van der Waals surface area contributed by atoms with E-state index >= 15 is 0 Å². The summed E-state index contributed by atoms with van der Waals surface area (Å²) in [4.78, 5) is 12.5. The van der Waals surface area contributed by atoms with E-state index < -0.39 is 0 Å². The second-order valence-corrected chi connectivity index (χ2v) is 8.38. The lowest BCUT2D eigenvalue weighted by Crippen LogP contribution is -2.08. The molecule has 0 spiro atoms. The Morgan fingerprint density at radius 1 is 1.10 bits per heavy atom. The molecule has 3 aromatic carbocycles. The summed E-state index contributed by atoms with van der Waals surface area (Å²) in [5.41, 5.74) is 4.96. The quantitative estimate of drug-likeness (QED) is 0.290. The summed E-state index contributed by atoms with van der Waals surface area (Å²) in [7, 11) is 1.60. The number of ether oxygens (including phenoxy) is 1. The largest absolute Gasteiger partial charge is 0.496 e. The van der Waals surface area contributed by atoms with E-state index in [1.54, 1.807) is 19.4 Å². The number of rotatable bonds is 5. The van der Waals surface area contributed by atoms with Gasteiger partial charge in [-0.15, -0.1) is 0 Å². The van der Waals surface area contributed by atoms with Crippen LogP contribution in [-0.4, -0.2) is 13.0 Å². The molecule has 0 saturated carbocycles. The lowest BCUT2D eigenvalue weighted by Gasteiger charge is -2.10. The molecule has 0 unspecified atom stereocenters. The van der Waals surface area contributed by atoms with E-state index in [1.807, 2.05) is 67.6 Å². The van der Waals surface area contributed by atoms with Gasteiger partial charge in [-0.05, 0) is 60.5 Å². The van der Waals surface area contributed by atoms with Crippen LogP contribution in [0.3, 0.4) is 0 Å². The third-order valence-corrected chi connectivity index (χ3v) is 5.72. The third-order valence-electron chi connectivity index (χ3n) is 4.94. The Bertz CT molecular complexity index is 1270. The molecular weight excluding hydrogens is 478 g/mol. The fourth-order valence-corrected chi connectivity index (χ4v) is 3.76. The number of anilines is 1. The number of amides is 1. The second-order valence-electron chi connectivity index (χ2n) is 7.03. The predicted molar refractivity (Wildman–Crippen MR) is 130 cm³/mol. The molecule has 4 rings (SSSR count). The molecular formula is C25H19BrClNO3. The zero-order valence-corrected chi connectivity index (χ0v) is 19.3. The van der Waals surface area contributed by atoms with Crippen molar-refractivity contribution in [3.8, 4) is 16.9 Å². The first-order chi connectivity index (χ1) is 14.9. The average molecular weight is 497 g/mol. The number of hydrogen-bond donors (Lipinski definition) is 1. The van der Waals surface area contributed by atoms with Crippen molar-refractivity contribution in [3.05, 3.63) is 88.1 Å². The second kappa shape index (κ2) is 9.00. The summed E-state index contributed by atoms with van der Waals surface area (Å²) in [6.45, 7) is 1.88. The fraction of sp³-hybridized carbons (Fsp3) is 0.0800. The summed E-state index contributed by atoms with van der Waals surface area (Å²) in [5, 5.41) is 4.48. The Labute approximate surface area is 193 Å². The van der Waals surface area contributed by atoms with E-state index in [1.165, 1.54) is 0 Å². The number of halogens is 2. The first kappa shape index (κ1) is 21.2. The molecule has 1 N–H and O–H groups in total. The van der Waals surface area contributed by atoms with Crippen molar-refractivity contribution >= 4 is 55.7 Å². The molecule has 0 aliphatic carbocycles. The fourth-order valence-electron chi connectivity index (χ4n) is 3.37. The van der Waals surface area contributed by atoms with Crippen molar-refractivity contribution in [2.75, 3.05) is 12.4 Å². The normalized spacial score (nSPS) is 11.5. The number of carbonyl (C=O) groups is 1. The smallest absolute Gasteiger partial charge is 0.248 e. The van der Waals surface area contributed by atoms with Crippen molar-refractivity contribution in [1.82, 2.24) is 0 Å². The number of allylic oxidation sites excluding steroid dienone is 1. The van der Waals surface area contributed by atoms with Gasteiger partial charge in [-0.1, -0.05) is 39.7 Å². The van der Waals surface area contributed by atoms with Crippen LogP contribution >= 0.6 is 27.5 Å². The molecule has 6 heteroatoms. The van der Waals surface area contributed by atoms with Crippen molar-refractivity contribution in [3.63, 3.8) is 0 Å². The van der Waals surface area contributed by atoms with Gasteiger partial charge >= 0.3 is 0 Å². The molecule has 0 radical (unpaired) electrons. The van der Waals surface area contributed by atoms with Crippen LogP contribution in [0, 0.1) is 0 Å². The summed E-state index contributed by atoms with van der Waals surface area (Å²) in [6.07, 6.45) is 3.28. The lowest BCUT2D eigenvalue weighted by molar-refractivity contribution is -0.111. The SMILES string of the molecule is COc1cc2occ(-c3ccc(Cl)cc3)c2cc1/C(C)=C/C(=O)Nc1ccc(Br)cc1. The van der Waals surface area contributed by atoms with Crippen molar-refractivity contribution in [1.29, 1.82) is 0 Å². The monoisotopic (exact) mass is 495 g/mol. The van der Waals surface area contributed by atoms with E-state index in [-0.39, 0.29) is 5.91 Å². The van der Waals surface area contributed by atoms with Gasteiger partial charge in [-0.25, -0.2) is 0 Å². The van der Waals surface area contributed by atoms with Crippen molar-refractivity contribution < 1.29 is 13.9 Å². The first-order valence-corrected chi connectivity index (χ1v) is 10.7. The highest BCUT2D eigenvalue weighted by atomic mass is 79.9. The van der Waals surface area contributed by atoms with Crippen molar-refractivity contribution in [2.24, 2.45) is 0 Å². The first-order valence-electron chi connectivity index (χ1n) is 9.55. The highest BCUT2D eigenvalue weighted by molar-refractivity contribution is 9.10. The zero-order valence-electron chi connectivity index (χ0n) is 16.9. The molecule has 31 heavy (non-hydrogen) atoms. The number of hydrogen-bond acceptors (Lipinski definition) is 3. The van der Waals surface area contributed by atoms with Crippen LogP contribution in [0.2, 0.25) is 5.02 Å². The Morgan fingerprint density at radius 2 is 1.81 bits per heavy atom. The molecule has 0 bridgehead atoms. The number of fused-ring (bicyclic) bond motifs is 1. The van der Waals surface area contributed by atoms with E-state index in [4.69, 9.17) is 20.8 Å². The van der Waals surface area contributed by atoms with Crippen LogP contribution in [0.4, 0.5) is 5.69 Å². The van der Waals surface area contributed by atoms with Crippen molar-refractivity contribution in [2.45, 2.75) is 6.92 Å². The highest BCUT2D eigenvalue weighted by Crippen LogP contribution is 2.37. The van der Waals surface area contributed by atoms with Crippen LogP contribution < -0.4 is 10.1 Å². The lowest BCUT2D eigenvalue weighted by atomic mass is 9.99. The van der Waals surface area contributed by atoms with Gasteiger partial charge in [-0.3, -0.25) is 4.79 Å². The molecule has 1 amide bonds. The number of methoxy groups -OCH3 is 1. The van der Waals surface area contributed by atoms with Gasteiger partial charge in [0.2, 0.25) is 5.91 Å². The Balaban J connectivity index is 1.70. The highest BCUT2D eigenvalue weighted by Gasteiger charge is 2.15. The molecule has 4 aromatic rings. The van der Waals surface area contributed by atoms with Gasteiger partial charge in [0.05, 0.1) is 13.4 Å². The van der Waals surface area contributed by atoms with Crippen LogP contribution in [0.1, 0.15) is 12.5 Å². The van der Waals surface area contributed by atoms with E-state index in [9.17, 15) is 4.79 Å². The van der Waals surface area contributed by atoms with Gasteiger partial charge in [-0.2, -0.15) is 0 Å². The summed E-state index contributed by atoms with van der Waals surface area (Å²) >= 11 is 9.41. The minimum absolute atomic E-state index is 0.216. The maximum Gasteiger partial charge on any atom is 0.248 e. The molecule has 0 aliphatic heterocycles. The number of nitrogens with one attached hydrogen (secondary N) is 1. The topological polar surface area (TPSA) is 51.5 Å². The Kier molecular flexibility index (Phi) is 6.16. The van der Waals surface area contributed by atoms with Crippen LogP contribution in [0.15, 0.2) is 81.9 Å². The van der Waals surface area contributed by atoms with Gasteiger partial charge in [0.25, 0.3) is 0 Å².